The molecule has 15 nitrogen and oxygen atoms in total. The molecule has 0 radical (unpaired) electrons. The van der Waals surface area contributed by atoms with E-state index >= 15 is 0 Å². The highest BCUT2D eigenvalue weighted by molar-refractivity contribution is 5.26. The third kappa shape index (κ3) is 3.40. The van der Waals surface area contributed by atoms with Gasteiger partial charge in [-0.3, -0.25) is 28.7 Å². The Bertz CT molecular complexity index is 1560. The van der Waals surface area contributed by atoms with Crippen molar-refractivity contribution in [2.75, 3.05) is 6.61 Å². The van der Waals surface area contributed by atoms with Crippen molar-refractivity contribution < 1.29 is 34.3 Å². The van der Waals surface area contributed by atoms with E-state index in [4.69, 9.17) is 18.9 Å². The lowest BCUT2D eigenvalue weighted by Crippen LogP contribution is -2.53. The largest absolute Gasteiger partial charge is 0.393 e. The number of ether oxygens (including phenoxy) is 4. The van der Waals surface area contributed by atoms with Gasteiger partial charge in [0.25, 0.3) is 11.1 Å². The molecule has 6 aliphatic rings. The van der Waals surface area contributed by atoms with E-state index < -0.39 is 76.2 Å². The van der Waals surface area contributed by atoms with Crippen molar-refractivity contribution in [2.24, 2.45) is 0 Å². The van der Waals surface area contributed by atoms with Crippen LogP contribution < -0.4 is 22.5 Å². The molecular formula is C27H34N4O11. The van der Waals surface area contributed by atoms with E-state index in [-0.39, 0.29) is 12.2 Å². The van der Waals surface area contributed by atoms with Crippen LogP contribution in [-0.4, -0.2) is 87.8 Å². The Balaban J connectivity index is 0.000000137. The summed E-state index contributed by atoms with van der Waals surface area (Å²) in [4.78, 5) is 51.3. The van der Waals surface area contributed by atoms with E-state index in [1.807, 2.05) is 6.92 Å². The first-order chi connectivity index (χ1) is 19.9. The summed E-state index contributed by atoms with van der Waals surface area (Å²) >= 11 is 0. The Morgan fingerprint density at radius 1 is 0.762 bits per heavy atom. The Morgan fingerprint density at radius 3 is 1.57 bits per heavy atom. The molecule has 2 aliphatic carbocycles. The van der Waals surface area contributed by atoms with Gasteiger partial charge in [-0.15, -0.1) is 0 Å². The second-order valence-corrected chi connectivity index (χ2v) is 12.3. The van der Waals surface area contributed by atoms with E-state index in [1.165, 1.54) is 21.5 Å². The standard InChI is InChI=1S/C14H18N2O5.C13H16N2O6/c1-3-14-9(17)8(20-13(14)4-5-13)11(21-14)16-6-7(2)10(18)15-12(16)19;1-6-4-15(11(19)14-9(6)18)10-7-8(17)13(5-16,21-10)12(20-7)2-3-12/h6,8-9,11,17H,3-5H2,1-2H3,(H,15,18,19);4,7-8,10,16-17H,2-3,5H2,1H3,(H,14,18,19)/t8?,9-,11-,14-;7?,8-,10-,13-/m11/s1. The number of nitrogens with zero attached hydrogens (tertiary/aromatic N) is 2. The number of hydrogen-bond donors (Lipinski definition) is 5. The molecule has 2 saturated carbocycles. The average Bonchev–Trinajstić information content (AvgIpc) is 3.84. The number of fused-ring (bicyclic) bond motifs is 6. The molecule has 4 saturated heterocycles. The van der Waals surface area contributed by atoms with Crippen molar-refractivity contribution in [1.82, 2.24) is 19.1 Å². The maximum Gasteiger partial charge on any atom is 0.330 e. The first-order valence-corrected chi connectivity index (χ1v) is 14.2. The highest BCUT2D eigenvalue weighted by Crippen LogP contribution is 2.65. The Kier molecular flexibility index (Phi) is 5.85. The Hall–Kier alpha value is -2.92. The first-order valence-electron chi connectivity index (χ1n) is 14.2. The van der Waals surface area contributed by atoms with Gasteiger partial charge >= 0.3 is 11.4 Å². The highest BCUT2D eigenvalue weighted by atomic mass is 16.7. The van der Waals surface area contributed by atoms with Gasteiger partial charge in [-0.1, -0.05) is 6.92 Å². The van der Waals surface area contributed by atoms with Crippen molar-refractivity contribution in [1.29, 1.82) is 0 Å². The number of aliphatic hydroxyl groups is 3. The van der Waals surface area contributed by atoms with Gasteiger partial charge in [-0.05, 0) is 46.0 Å². The summed E-state index contributed by atoms with van der Waals surface area (Å²) in [7, 11) is 0. The van der Waals surface area contributed by atoms with Crippen molar-refractivity contribution in [2.45, 2.75) is 112 Å². The zero-order valence-corrected chi connectivity index (χ0v) is 23.4. The third-order valence-electron chi connectivity index (χ3n) is 10.1. The predicted molar refractivity (Wildman–Crippen MR) is 141 cm³/mol. The van der Waals surface area contributed by atoms with E-state index in [0.717, 1.165) is 12.8 Å². The molecule has 6 heterocycles. The average molecular weight is 591 g/mol. The van der Waals surface area contributed by atoms with Crippen LogP contribution in [0.5, 0.6) is 0 Å². The topological polar surface area (TPSA) is 207 Å². The summed E-state index contributed by atoms with van der Waals surface area (Å²) in [5.41, 5.74) is -4.23. The van der Waals surface area contributed by atoms with Gasteiger partial charge < -0.3 is 34.3 Å². The SMILES string of the molecule is CC[C@]12O[C@@H](n3cc(C)c(=O)[nH]c3=O)C(OC13CC3)[C@H]2O.Cc1cn([C@@H]2O[C@]3(CO)[C@H](O)C2OC32CC2)c(=O)[nH]c1=O. The van der Waals surface area contributed by atoms with Crippen molar-refractivity contribution in [3.8, 4) is 0 Å². The normalized spacial score (nSPS) is 39.1. The lowest BCUT2D eigenvalue weighted by atomic mass is 9.88. The fraction of sp³-hybridized carbons (Fsp3) is 0.704. The number of H-pyrrole nitrogens is 2. The molecule has 4 bridgehead atoms. The summed E-state index contributed by atoms with van der Waals surface area (Å²) in [5, 5.41) is 30.7. The molecular weight excluding hydrogens is 556 g/mol. The summed E-state index contributed by atoms with van der Waals surface area (Å²) < 4.78 is 26.4. The molecule has 42 heavy (non-hydrogen) atoms. The quantitative estimate of drug-likeness (QED) is 0.269. The van der Waals surface area contributed by atoms with Crippen molar-refractivity contribution in [3.63, 3.8) is 0 Å². The molecule has 228 valence electrons. The molecule has 6 fully saturated rings. The zero-order chi connectivity index (χ0) is 30.0. The van der Waals surface area contributed by atoms with Gasteiger partial charge in [-0.2, -0.15) is 0 Å². The second kappa shape index (κ2) is 8.81. The molecule has 2 aromatic heterocycles. The van der Waals surface area contributed by atoms with Gasteiger partial charge in [0.15, 0.2) is 18.1 Å². The highest BCUT2D eigenvalue weighted by Gasteiger charge is 2.79. The van der Waals surface area contributed by atoms with Crippen molar-refractivity contribution >= 4 is 0 Å². The molecule has 2 unspecified atom stereocenters. The molecule has 8 rings (SSSR count). The first kappa shape index (κ1) is 27.9. The van der Waals surface area contributed by atoms with Crippen LogP contribution >= 0.6 is 0 Å². The zero-order valence-electron chi connectivity index (χ0n) is 23.4. The molecule has 15 heteroatoms. The number of nitrogens with one attached hydrogen (secondary N) is 2. The van der Waals surface area contributed by atoms with Crippen LogP contribution in [0.3, 0.4) is 0 Å². The van der Waals surface area contributed by atoms with E-state index in [2.05, 4.69) is 9.97 Å². The molecule has 2 aromatic rings. The van der Waals surface area contributed by atoms with E-state index in [1.54, 1.807) is 13.8 Å². The smallest absolute Gasteiger partial charge is 0.330 e. The number of aromatic amines is 2. The molecule has 0 amide bonds. The fourth-order valence-corrected chi connectivity index (χ4v) is 7.45. The summed E-state index contributed by atoms with van der Waals surface area (Å²) in [6, 6.07) is 0. The van der Waals surface area contributed by atoms with Crippen LogP contribution in [-0.2, 0) is 18.9 Å². The maximum atomic E-state index is 12.0. The number of aromatic nitrogens is 4. The number of hydrogen-bond acceptors (Lipinski definition) is 11. The minimum atomic E-state index is -1.19. The molecule has 8 atom stereocenters. The van der Waals surface area contributed by atoms with E-state index in [9.17, 15) is 34.5 Å². The monoisotopic (exact) mass is 590 g/mol. The Morgan fingerprint density at radius 2 is 1.17 bits per heavy atom. The Labute approximate surface area is 237 Å². The summed E-state index contributed by atoms with van der Waals surface area (Å²) in [5.74, 6) is 0. The van der Waals surface area contributed by atoms with Crippen LogP contribution in [0.4, 0.5) is 0 Å². The van der Waals surface area contributed by atoms with Crippen LogP contribution in [0.1, 0.15) is 62.6 Å². The van der Waals surface area contributed by atoms with Crippen LogP contribution in [0.15, 0.2) is 31.6 Å². The second-order valence-electron chi connectivity index (χ2n) is 12.3. The van der Waals surface area contributed by atoms with Crippen LogP contribution in [0, 0.1) is 13.8 Å². The lowest BCUT2D eigenvalue weighted by molar-refractivity contribution is -0.235. The lowest BCUT2D eigenvalue weighted by Gasteiger charge is -2.37. The summed E-state index contributed by atoms with van der Waals surface area (Å²) in [6.07, 6.45) is 2.02. The van der Waals surface area contributed by atoms with Gasteiger partial charge in [0, 0.05) is 23.5 Å². The minimum Gasteiger partial charge on any atom is -0.393 e. The van der Waals surface area contributed by atoms with Gasteiger partial charge in [0.2, 0.25) is 0 Å². The predicted octanol–water partition coefficient (Wildman–Crippen LogP) is -1.79. The van der Waals surface area contributed by atoms with Gasteiger partial charge in [0.05, 0.1) is 6.61 Å². The van der Waals surface area contributed by atoms with Crippen LogP contribution in [0.25, 0.3) is 0 Å². The van der Waals surface area contributed by atoms with E-state index in [0.29, 0.717) is 30.4 Å². The van der Waals surface area contributed by atoms with Gasteiger partial charge in [-0.25, -0.2) is 9.59 Å². The third-order valence-corrected chi connectivity index (χ3v) is 10.1. The number of aliphatic hydroxyl groups excluding tert-OH is 3. The summed E-state index contributed by atoms with van der Waals surface area (Å²) in [6.45, 7) is 4.78. The van der Waals surface area contributed by atoms with Crippen molar-refractivity contribution in [3.05, 3.63) is 65.2 Å². The van der Waals surface area contributed by atoms with Crippen LogP contribution in [0.2, 0.25) is 0 Å². The van der Waals surface area contributed by atoms with Gasteiger partial charge in [0.1, 0.15) is 41.2 Å². The molecule has 4 aliphatic heterocycles. The molecule has 5 N–H and O–H groups in total. The molecule has 2 spiro atoms. The number of aryl methyl sites for hydroxylation is 2. The number of rotatable bonds is 4. The fourth-order valence-electron chi connectivity index (χ4n) is 7.45. The minimum absolute atomic E-state index is 0.356. The molecule has 0 aromatic carbocycles. The maximum absolute atomic E-state index is 12.0.